The number of aromatic nitrogens is 1. The molecule has 3 N–H and O–H groups in total. The molecule has 0 radical (unpaired) electrons. The van der Waals surface area contributed by atoms with Gasteiger partial charge in [-0.25, -0.2) is 10.2 Å². The lowest BCUT2D eigenvalue weighted by molar-refractivity contribution is 0.0932. The van der Waals surface area contributed by atoms with Crippen molar-refractivity contribution in [3.05, 3.63) is 40.7 Å². The summed E-state index contributed by atoms with van der Waals surface area (Å²) in [5.41, 5.74) is 4.37. The molecule has 0 saturated carbocycles. The van der Waals surface area contributed by atoms with Gasteiger partial charge in [0.05, 0.1) is 4.88 Å². The molecule has 2 aromatic rings. The first-order valence-corrected chi connectivity index (χ1v) is 5.59. The normalized spacial score (nSPS) is 9.65. The molecule has 0 aromatic carbocycles. The Balaban J connectivity index is 1.79. The number of aromatic amines is 1. The molecular formula is C10H9N3O3S. The Morgan fingerprint density at radius 1 is 1.24 bits per heavy atom. The summed E-state index contributed by atoms with van der Waals surface area (Å²) >= 11 is 1.28. The van der Waals surface area contributed by atoms with Crippen molar-refractivity contribution < 1.29 is 14.3 Å². The molecule has 2 amide bonds. The van der Waals surface area contributed by atoms with E-state index in [9.17, 15) is 9.59 Å². The van der Waals surface area contributed by atoms with Crippen LogP contribution in [-0.2, 0) is 0 Å². The quantitative estimate of drug-likeness (QED) is 0.707. The number of H-pyrrole nitrogens is 1. The molecule has 0 spiro atoms. The van der Waals surface area contributed by atoms with Gasteiger partial charge in [-0.15, -0.1) is 11.3 Å². The fourth-order valence-corrected chi connectivity index (χ4v) is 1.70. The van der Waals surface area contributed by atoms with Crippen LogP contribution in [0.4, 0.5) is 4.79 Å². The Kier molecular flexibility index (Phi) is 3.41. The molecule has 17 heavy (non-hydrogen) atoms. The minimum Gasteiger partial charge on any atom is -0.392 e. The van der Waals surface area contributed by atoms with Crippen molar-refractivity contribution in [2.75, 3.05) is 0 Å². The second-order valence-corrected chi connectivity index (χ2v) is 3.93. The third-order valence-electron chi connectivity index (χ3n) is 1.80. The Hall–Kier alpha value is -2.28. The molecule has 2 aromatic heterocycles. The van der Waals surface area contributed by atoms with Crippen LogP contribution < -0.4 is 15.6 Å². The number of hydrazine groups is 1. The molecule has 0 saturated heterocycles. The zero-order chi connectivity index (χ0) is 12.1. The van der Waals surface area contributed by atoms with E-state index in [0.717, 1.165) is 0 Å². The Bertz CT molecular complexity index is 493. The summed E-state index contributed by atoms with van der Waals surface area (Å²) in [6.07, 6.45) is 0.852. The maximum atomic E-state index is 11.4. The van der Waals surface area contributed by atoms with E-state index in [1.54, 1.807) is 35.8 Å². The van der Waals surface area contributed by atoms with Crippen LogP contribution in [0.25, 0.3) is 0 Å². The largest absolute Gasteiger partial charge is 0.432 e. The van der Waals surface area contributed by atoms with Crippen LogP contribution in [0.3, 0.4) is 0 Å². The van der Waals surface area contributed by atoms with E-state index >= 15 is 0 Å². The summed E-state index contributed by atoms with van der Waals surface area (Å²) in [6.45, 7) is 0. The van der Waals surface area contributed by atoms with Crippen molar-refractivity contribution in [2.24, 2.45) is 0 Å². The average molecular weight is 251 g/mol. The molecule has 0 aliphatic rings. The lowest BCUT2D eigenvalue weighted by Gasteiger charge is -2.05. The summed E-state index contributed by atoms with van der Waals surface area (Å²) in [5, 5.41) is 1.77. The van der Waals surface area contributed by atoms with Crippen molar-refractivity contribution >= 4 is 23.3 Å². The fraction of sp³-hybridized carbons (Fsp3) is 0. The lowest BCUT2D eigenvalue weighted by atomic mass is 10.4. The van der Waals surface area contributed by atoms with Crippen LogP contribution in [-0.4, -0.2) is 17.0 Å². The van der Waals surface area contributed by atoms with E-state index in [4.69, 9.17) is 4.74 Å². The first-order valence-electron chi connectivity index (χ1n) is 4.71. The summed E-state index contributed by atoms with van der Waals surface area (Å²) in [6, 6.07) is 6.67. The van der Waals surface area contributed by atoms with E-state index in [2.05, 4.69) is 15.8 Å². The van der Waals surface area contributed by atoms with E-state index in [1.807, 2.05) is 0 Å². The smallest absolute Gasteiger partial charge is 0.392 e. The molecule has 2 heterocycles. The molecule has 6 nitrogen and oxygen atoms in total. The minimum atomic E-state index is -0.766. The van der Waals surface area contributed by atoms with Crippen molar-refractivity contribution in [2.45, 2.75) is 0 Å². The molecule has 88 valence electrons. The molecule has 0 unspecified atom stereocenters. The van der Waals surface area contributed by atoms with Crippen molar-refractivity contribution in [1.82, 2.24) is 15.8 Å². The number of hydrogen-bond donors (Lipinski definition) is 3. The minimum absolute atomic E-state index is 0.299. The highest BCUT2D eigenvalue weighted by Crippen LogP contribution is 2.07. The van der Waals surface area contributed by atoms with Gasteiger partial charge in [0.15, 0.2) is 0 Å². The number of hydrogen-bond acceptors (Lipinski definition) is 4. The fourth-order valence-electron chi connectivity index (χ4n) is 1.08. The molecule has 2 rings (SSSR count). The first-order chi connectivity index (χ1) is 8.25. The summed E-state index contributed by atoms with van der Waals surface area (Å²) in [5.74, 6) is -0.0868. The number of thiophene rings is 1. The third-order valence-corrected chi connectivity index (χ3v) is 2.66. The van der Waals surface area contributed by atoms with Crippen LogP contribution >= 0.6 is 11.3 Å². The van der Waals surface area contributed by atoms with Gasteiger partial charge in [-0.2, -0.15) is 0 Å². The predicted octanol–water partition coefficient (Wildman–Crippen LogP) is 1.51. The highest BCUT2D eigenvalue weighted by molar-refractivity contribution is 7.12. The summed E-state index contributed by atoms with van der Waals surface area (Å²) < 4.78 is 4.81. The zero-order valence-electron chi connectivity index (χ0n) is 8.60. The van der Waals surface area contributed by atoms with Crippen molar-refractivity contribution in [3.8, 4) is 5.88 Å². The molecule has 0 bridgehead atoms. The van der Waals surface area contributed by atoms with Crippen LogP contribution in [0.15, 0.2) is 35.8 Å². The van der Waals surface area contributed by atoms with Crippen molar-refractivity contribution in [3.63, 3.8) is 0 Å². The SMILES string of the molecule is O=C(NNC(=O)c1cccs1)Oc1ccc[nH]1. The number of carbonyl (C=O) groups is 2. The van der Waals surface area contributed by atoms with Gasteiger partial charge >= 0.3 is 6.09 Å². The second kappa shape index (κ2) is 5.17. The number of ether oxygens (including phenoxy) is 1. The number of nitrogens with one attached hydrogen (secondary N) is 3. The third kappa shape index (κ3) is 3.08. The zero-order valence-corrected chi connectivity index (χ0v) is 9.41. The lowest BCUT2D eigenvalue weighted by Crippen LogP contribution is -2.42. The monoisotopic (exact) mass is 251 g/mol. The summed E-state index contributed by atoms with van der Waals surface area (Å²) in [4.78, 5) is 25.8. The van der Waals surface area contributed by atoms with E-state index in [1.165, 1.54) is 11.3 Å². The Morgan fingerprint density at radius 2 is 2.12 bits per heavy atom. The van der Waals surface area contributed by atoms with Gasteiger partial charge in [0, 0.05) is 12.3 Å². The number of rotatable bonds is 2. The van der Waals surface area contributed by atoms with Gasteiger partial charge in [-0.1, -0.05) is 6.07 Å². The van der Waals surface area contributed by atoms with Gasteiger partial charge in [0.2, 0.25) is 5.88 Å². The molecule has 0 aliphatic heterocycles. The Labute approximate surface area is 101 Å². The van der Waals surface area contributed by atoms with Gasteiger partial charge in [0.1, 0.15) is 0 Å². The van der Waals surface area contributed by atoms with E-state index in [-0.39, 0.29) is 5.91 Å². The van der Waals surface area contributed by atoms with Crippen LogP contribution in [0.5, 0.6) is 5.88 Å². The Morgan fingerprint density at radius 3 is 2.76 bits per heavy atom. The van der Waals surface area contributed by atoms with Gasteiger partial charge in [-0.3, -0.25) is 10.2 Å². The van der Waals surface area contributed by atoms with E-state index in [0.29, 0.717) is 10.8 Å². The molecule has 0 fully saturated rings. The van der Waals surface area contributed by atoms with Crippen LogP contribution in [0.1, 0.15) is 9.67 Å². The van der Waals surface area contributed by atoms with Gasteiger partial charge < -0.3 is 9.72 Å². The van der Waals surface area contributed by atoms with Gasteiger partial charge in [-0.05, 0) is 17.5 Å². The molecule has 0 atom stereocenters. The van der Waals surface area contributed by atoms with E-state index < -0.39 is 6.09 Å². The average Bonchev–Trinajstić information content (AvgIpc) is 2.97. The number of carbonyl (C=O) groups excluding carboxylic acids is 2. The summed E-state index contributed by atoms with van der Waals surface area (Å²) in [7, 11) is 0. The maximum Gasteiger partial charge on any atom is 0.432 e. The van der Waals surface area contributed by atoms with Crippen molar-refractivity contribution in [1.29, 1.82) is 0 Å². The second-order valence-electron chi connectivity index (χ2n) is 2.98. The molecular weight excluding hydrogens is 242 g/mol. The highest BCUT2D eigenvalue weighted by Gasteiger charge is 2.09. The highest BCUT2D eigenvalue weighted by atomic mass is 32.1. The topological polar surface area (TPSA) is 83.2 Å². The predicted molar refractivity (Wildman–Crippen MR) is 61.7 cm³/mol. The first kappa shape index (κ1) is 11.2. The van der Waals surface area contributed by atoms with Crippen LogP contribution in [0.2, 0.25) is 0 Å². The van der Waals surface area contributed by atoms with Gasteiger partial charge in [0.25, 0.3) is 5.91 Å². The number of amides is 2. The maximum absolute atomic E-state index is 11.4. The standard InChI is InChI=1S/C10H9N3O3S/c14-9(7-3-2-6-17-7)12-13-10(15)16-8-4-1-5-11-8/h1-6,11H,(H,12,14)(H,13,15). The molecule has 0 aliphatic carbocycles. The molecule has 7 heteroatoms. The van der Waals surface area contributed by atoms with Crippen LogP contribution in [0, 0.1) is 0 Å².